The fraction of sp³-hybridized carbons (Fsp3) is 0.429. The molecule has 1 aromatic carbocycles. The van der Waals surface area contributed by atoms with Crippen molar-refractivity contribution in [3.8, 4) is 0 Å². The van der Waals surface area contributed by atoms with Gasteiger partial charge in [0.15, 0.2) is 0 Å². The van der Waals surface area contributed by atoms with E-state index in [0.717, 1.165) is 13.0 Å². The van der Waals surface area contributed by atoms with Gasteiger partial charge in [-0.15, -0.1) is 0 Å². The molecule has 0 aromatic heterocycles. The molecule has 2 rings (SSSR count). The number of carbonyl (C=O) groups is 2. The molecule has 6 nitrogen and oxygen atoms in total. The van der Waals surface area contributed by atoms with E-state index in [1.807, 2.05) is 4.90 Å². The minimum atomic E-state index is -0.351. The first-order chi connectivity index (χ1) is 9.97. The number of benzene rings is 1. The molecule has 21 heavy (non-hydrogen) atoms. The fourth-order valence-corrected chi connectivity index (χ4v) is 2.70. The third-order valence-electron chi connectivity index (χ3n) is 3.48. The van der Waals surface area contributed by atoms with Crippen molar-refractivity contribution in [1.82, 2.24) is 9.80 Å². The van der Waals surface area contributed by atoms with Crippen LogP contribution in [-0.2, 0) is 4.79 Å². The van der Waals surface area contributed by atoms with E-state index in [1.54, 1.807) is 23.1 Å². The van der Waals surface area contributed by atoms with Crippen LogP contribution in [0.1, 0.15) is 16.8 Å². The molecule has 1 aliphatic rings. The number of nitrogens with two attached hydrogens (primary N) is 2. The molecular formula is C14H19ClN4O2. The number of hydrogen-bond acceptors (Lipinski definition) is 4. The Labute approximate surface area is 128 Å². The van der Waals surface area contributed by atoms with E-state index in [-0.39, 0.29) is 18.4 Å². The first-order valence-electron chi connectivity index (χ1n) is 6.82. The highest BCUT2D eigenvalue weighted by atomic mass is 35.5. The molecule has 4 N–H and O–H groups in total. The van der Waals surface area contributed by atoms with Crippen molar-refractivity contribution < 1.29 is 9.59 Å². The third kappa shape index (κ3) is 4.09. The van der Waals surface area contributed by atoms with Gasteiger partial charge in [-0.2, -0.15) is 0 Å². The van der Waals surface area contributed by atoms with Gasteiger partial charge in [-0.3, -0.25) is 14.5 Å². The topological polar surface area (TPSA) is 92.7 Å². The molecule has 0 spiro atoms. The summed E-state index contributed by atoms with van der Waals surface area (Å²) in [6.45, 7) is 2.79. The van der Waals surface area contributed by atoms with Crippen LogP contribution in [0.5, 0.6) is 0 Å². The second-order valence-electron chi connectivity index (χ2n) is 5.13. The van der Waals surface area contributed by atoms with Gasteiger partial charge < -0.3 is 16.4 Å². The predicted octanol–water partition coefficient (Wildman–Crippen LogP) is 0.555. The Bertz CT molecular complexity index is 550. The van der Waals surface area contributed by atoms with E-state index in [2.05, 4.69) is 0 Å². The first kappa shape index (κ1) is 15.6. The largest absolute Gasteiger partial charge is 0.399 e. The van der Waals surface area contributed by atoms with Gasteiger partial charge in [0.1, 0.15) is 0 Å². The Morgan fingerprint density at radius 1 is 1.19 bits per heavy atom. The normalized spacial score (nSPS) is 16.5. The SMILES string of the molecule is NC(=O)CN1CCCN(C(=O)c2ccc(N)cc2Cl)CC1. The van der Waals surface area contributed by atoms with E-state index in [9.17, 15) is 9.59 Å². The van der Waals surface area contributed by atoms with Crippen LogP contribution < -0.4 is 11.5 Å². The molecule has 0 saturated carbocycles. The van der Waals surface area contributed by atoms with Crippen LogP contribution in [0.15, 0.2) is 18.2 Å². The van der Waals surface area contributed by atoms with Gasteiger partial charge >= 0.3 is 0 Å². The molecule has 0 aliphatic carbocycles. The van der Waals surface area contributed by atoms with E-state index in [0.29, 0.717) is 35.9 Å². The maximum atomic E-state index is 12.5. The van der Waals surface area contributed by atoms with E-state index < -0.39 is 0 Å². The van der Waals surface area contributed by atoms with Gasteiger partial charge in [0.25, 0.3) is 5.91 Å². The summed E-state index contributed by atoms with van der Waals surface area (Å²) >= 11 is 6.08. The Balaban J connectivity index is 2.04. The van der Waals surface area contributed by atoms with E-state index in [1.165, 1.54) is 0 Å². The first-order valence-corrected chi connectivity index (χ1v) is 7.20. The van der Waals surface area contributed by atoms with Gasteiger partial charge in [0, 0.05) is 31.9 Å². The van der Waals surface area contributed by atoms with Crippen molar-refractivity contribution in [1.29, 1.82) is 0 Å². The van der Waals surface area contributed by atoms with Crippen molar-refractivity contribution in [2.75, 3.05) is 38.5 Å². The zero-order chi connectivity index (χ0) is 15.4. The zero-order valence-corrected chi connectivity index (χ0v) is 12.5. The minimum absolute atomic E-state index is 0.110. The Morgan fingerprint density at radius 2 is 1.95 bits per heavy atom. The monoisotopic (exact) mass is 310 g/mol. The lowest BCUT2D eigenvalue weighted by Gasteiger charge is -2.22. The number of carbonyl (C=O) groups excluding carboxylic acids is 2. The number of amides is 2. The summed E-state index contributed by atoms with van der Waals surface area (Å²) in [7, 11) is 0. The van der Waals surface area contributed by atoms with E-state index >= 15 is 0 Å². The zero-order valence-electron chi connectivity index (χ0n) is 11.7. The third-order valence-corrected chi connectivity index (χ3v) is 3.79. The van der Waals surface area contributed by atoms with Crippen LogP contribution in [0.3, 0.4) is 0 Å². The molecule has 7 heteroatoms. The number of nitrogen functional groups attached to an aromatic ring is 1. The van der Waals surface area contributed by atoms with Crippen LogP contribution in [0.2, 0.25) is 5.02 Å². The molecular weight excluding hydrogens is 292 g/mol. The lowest BCUT2D eigenvalue weighted by Crippen LogP contribution is -2.38. The standard InChI is InChI=1S/C14H19ClN4O2/c15-12-8-10(16)2-3-11(12)14(21)19-5-1-4-18(6-7-19)9-13(17)20/h2-3,8H,1,4-7,9,16H2,(H2,17,20). The van der Waals surface area contributed by atoms with Crippen molar-refractivity contribution in [3.05, 3.63) is 28.8 Å². The smallest absolute Gasteiger partial charge is 0.255 e. The Morgan fingerprint density at radius 3 is 2.62 bits per heavy atom. The molecule has 0 atom stereocenters. The highest BCUT2D eigenvalue weighted by Gasteiger charge is 2.22. The van der Waals surface area contributed by atoms with Crippen molar-refractivity contribution in [2.45, 2.75) is 6.42 Å². The number of halogens is 1. The number of primary amides is 1. The number of hydrogen-bond donors (Lipinski definition) is 2. The van der Waals surface area contributed by atoms with E-state index in [4.69, 9.17) is 23.1 Å². The summed E-state index contributed by atoms with van der Waals surface area (Å²) in [5.41, 5.74) is 11.8. The maximum Gasteiger partial charge on any atom is 0.255 e. The molecule has 1 aromatic rings. The average Bonchev–Trinajstić information content (AvgIpc) is 2.63. The van der Waals surface area contributed by atoms with Crippen LogP contribution in [0.4, 0.5) is 5.69 Å². The molecule has 1 fully saturated rings. The van der Waals surface area contributed by atoms with Crippen LogP contribution in [-0.4, -0.2) is 54.3 Å². The maximum absolute atomic E-state index is 12.5. The van der Waals surface area contributed by atoms with Crippen molar-refractivity contribution >= 4 is 29.1 Å². The lowest BCUT2D eigenvalue weighted by molar-refractivity contribution is -0.119. The summed E-state index contributed by atoms with van der Waals surface area (Å²) < 4.78 is 0. The van der Waals surface area contributed by atoms with Crippen molar-refractivity contribution in [3.63, 3.8) is 0 Å². The second-order valence-corrected chi connectivity index (χ2v) is 5.53. The summed E-state index contributed by atoms with van der Waals surface area (Å²) in [5.74, 6) is -0.461. The highest BCUT2D eigenvalue weighted by molar-refractivity contribution is 6.34. The molecule has 1 saturated heterocycles. The molecule has 114 valence electrons. The molecule has 0 unspecified atom stereocenters. The lowest BCUT2D eigenvalue weighted by atomic mass is 10.1. The van der Waals surface area contributed by atoms with Gasteiger partial charge in [0.05, 0.1) is 17.1 Å². The fourth-order valence-electron chi connectivity index (χ4n) is 2.43. The Kier molecular flexibility index (Phi) is 5.03. The minimum Gasteiger partial charge on any atom is -0.399 e. The number of anilines is 1. The Hall–Kier alpha value is -1.79. The van der Waals surface area contributed by atoms with Crippen LogP contribution in [0.25, 0.3) is 0 Å². The molecule has 0 bridgehead atoms. The summed E-state index contributed by atoms with van der Waals surface area (Å²) in [6.07, 6.45) is 0.797. The molecule has 1 aliphatic heterocycles. The van der Waals surface area contributed by atoms with Gasteiger partial charge in [-0.05, 0) is 24.6 Å². The molecule has 0 radical (unpaired) electrons. The summed E-state index contributed by atoms with van der Waals surface area (Å²) in [4.78, 5) is 27.2. The summed E-state index contributed by atoms with van der Waals surface area (Å²) in [5, 5.41) is 0.359. The quantitative estimate of drug-likeness (QED) is 0.798. The molecule has 2 amide bonds. The van der Waals surface area contributed by atoms with Gasteiger partial charge in [0.2, 0.25) is 5.91 Å². The summed E-state index contributed by atoms with van der Waals surface area (Å²) in [6, 6.07) is 4.88. The highest BCUT2D eigenvalue weighted by Crippen LogP contribution is 2.21. The predicted molar refractivity (Wildman–Crippen MR) is 82.0 cm³/mol. The average molecular weight is 311 g/mol. The number of rotatable bonds is 3. The van der Waals surface area contributed by atoms with Crippen molar-refractivity contribution in [2.24, 2.45) is 5.73 Å². The second kappa shape index (κ2) is 6.78. The molecule has 1 heterocycles. The van der Waals surface area contributed by atoms with Crippen LogP contribution >= 0.6 is 11.6 Å². The number of nitrogens with zero attached hydrogens (tertiary/aromatic N) is 2. The van der Waals surface area contributed by atoms with Crippen LogP contribution in [0, 0.1) is 0 Å². The van der Waals surface area contributed by atoms with Gasteiger partial charge in [-0.25, -0.2) is 0 Å². The van der Waals surface area contributed by atoms with Gasteiger partial charge in [-0.1, -0.05) is 11.6 Å².